The number of hydrogen-bond acceptors (Lipinski definition) is 7. The zero-order valence-corrected chi connectivity index (χ0v) is 22.3. The van der Waals surface area contributed by atoms with Crippen LogP contribution in [0.3, 0.4) is 0 Å². The average molecular weight is 507 g/mol. The molecule has 1 saturated heterocycles. The highest BCUT2D eigenvalue weighted by atomic mass is 16.3. The van der Waals surface area contributed by atoms with Crippen molar-refractivity contribution < 1.29 is 18.8 Å². The van der Waals surface area contributed by atoms with Crippen molar-refractivity contribution in [1.82, 2.24) is 25.5 Å². The summed E-state index contributed by atoms with van der Waals surface area (Å²) in [5.41, 5.74) is 1.13. The number of nitriles is 1. The molecule has 2 aliphatic rings. The maximum atomic E-state index is 13.7. The summed E-state index contributed by atoms with van der Waals surface area (Å²) in [4.78, 5) is 49.3. The number of nitrogens with zero attached hydrogens (tertiary/aromatic N) is 4. The van der Waals surface area contributed by atoms with Crippen LogP contribution in [-0.2, 0) is 14.4 Å². The Morgan fingerprint density at radius 3 is 2.51 bits per heavy atom. The largest absolute Gasteiger partial charge is 0.444 e. The third kappa shape index (κ3) is 4.95. The Hall–Kier alpha value is -3.74. The average Bonchev–Trinajstić information content (AvgIpc) is 3.21. The van der Waals surface area contributed by atoms with E-state index in [1.165, 1.54) is 19.4 Å². The van der Waals surface area contributed by atoms with Crippen LogP contribution in [0.25, 0.3) is 11.5 Å². The molecule has 0 bridgehead atoms. The van der Waals surface area contributed by atoms with E-state index < -0.39 is 29.4 Å². The molecule has 1 aliphatic carbocycles. The number of amides is 3. The van der Waals surface area contributed by atoms with Gasteiger partial charge in [-0.05, 0) is 35.7 Å². The molecule has 0 aromatic carbocycles. The molecular weight excluding hydrogens is 472 g/mol. The second-order valence-corrected chi connectivity index (χ2v) is 11.8. The Morgan fingerprint density at radius 2 is 1.95 bits per heavy atom. The van der Waals surface area contributed by atoms with Crippen LogP contribution in [0.5, 0.6) is 0 Å². The fraction of sp³-hybridized carbons (Fsp3) is 0.556. The number of likely N-dealkylation sites (tertiary alicyclic amines) is 1. The van der Waals surface area contributed by atoms with E-state index in [-0.39, 0.29) is 29.1 Å². The van der Waals surface area contributed by atoms with Crippen LogP contribution in [-0.4, -0.2) is 51.2 Å². The zero-order chi connectivity index (χ0) is 27.3. The Morgan fingerprint density at radius 1 is 1.24 bits per heavy atom. The van der Waals surface area contributed by atoms with Crippen molar-refractivity contribution >= 4 is 17.7 Å². The van der Waals surface area contributed by atoms with Gasteiger partial charge in [0, 0.05) is 31.4 Å². The minimum absolute atomic E-state index is 0.0338. The molecule has 1 saturated carbocycles. The Bertz CT molecular complexity index is 1270. The number of piperidine rings is 1. The van der Waals surface area contributed by atoms with Crippen LogP contribution in [0.1, 0.15) is 58.8 Å². The summed E-state index contributed by atoms with van der Waals surface area (Å²) in [6.07, 6.45) is 4.62. The van der Waals surface area contributed by atoms with E-state index in [0.29, 0.717) is 29.3 Å². The number of carbonyl (C=O) groups excluding carboxylic acids is 3. The molecule has 2 unspecified atom stereocenters. The Kier molecular flexibility index (Phi) is 6.61. The molecule has 3 heterocycles. The molecule has 0 spiro atoms. The summed E-state index contributed by atoms with van der Waals surface area (Å²) in [6, 6.07) is 1.34. The van der Waals surface area contributed by atoms with Gasteiger partial charge in [-0.2, -0.15) is 5.26 Å². The number of pyridine rings is 1. The van der Waals surface area contributed by atoms with Gasteiger partial charge in [0.05, 0.1) is 17.3 Å². The molecule has 0 radical (unpaired) electrons. The maximum absolute atomic E-state index is 13.7. The van der Waals surface area contributed by atoms with Gasteiger partial charge in [-0.25, -0.2) is 4.98 Å². The fourth-order valence-electron chi connectivity index (χ4n) is 5.47. The normalized spacial score (nSPS) is 23.4. The van der Waals surface area contributed by atoms with E-state index in [0.717, 1.165) is 0 Å². The van der Waals surface area contributed by atoms with Gasteiger partial charge >= 0.3 is 0 Å². The number of aryl methyl sites for hydroxylation is 1. The highest BCUT2D eigenvalue weighted by Crippen LogP contribution is 2.65. The molecule has 2 N–H and O–H groups in total. The number of hydrogen-bond donors (Lipinski definition) is 2. The predicted octanol–water partition coefficient (Wildman–Crippen LogP) is 2.76. The molecule has 37 heavy (non-hydrogen) atoms. The molecule has 3 amide bonds. The quantitative estimate of drug-likeness (QED) is 0.614. The molecular formula is C27H34N6O4. The van der Waals surface area contributed by atoms with Crippen LogP contribution in [0.2, 0.25) is 0 Å². The van der Waals surface area contributed by atoms with Crippen LogP contribution in [0.4, 0.5) is 0 Å². The summed E-state index contributed by atoms with van der Waals surface area (Å²) in [6.45, 7) is 13.4. The molecule has 2 aromatic rings. The molecule has 4 rings (SSSR count). The lowest BCUT2D eigenvalue weighted by molar-refractivity contribution is -0.145. The van der Waals surface area contributed by atoms with Crippen molar-refractivity contribution in [3.05, 3.63) is 36.0 Å². The SMILES string of the molecule is CC(=O)N[C@H](C(=O)N1C[C@H]2C([C@H]1C(=O)NC(C#N)c1cncc(-c3nc(C)co3)c1)C2(C)C)C(C)(C)C. The first-order valence-corrected chi connectivity index (χ1v) is 12.4. The van der Waals surface area contributed by atoms with Crippen molar-refractivity contribution in [3.63, 3.8) is 0 Å². The molecule has 10 nitrogen and oxygen atoms in total. The second kappa shape index (κ2) is 9.29. The topological polar surface area (TPSA) is 141 Å². The highest BCUT2D eigenvalue weighted by molar-refractivity contribution is 5.94. The molecule has 5 atom stereocenters. The van der Waals surface area contributed by atoms with E-state index in [4.69, 9.17) is 4.42 Å². The molecule has 2 fully saturated rings. The number of rotatable bonds is 6. The smallest absolute Gasteiger partial charge is 0.246 e. The van der Waals surface area contributed by atoms with Crippen molar-refractivity contribution in [3.8, 4) is 17.5 Å². The maximum Gasteiger partial charge on any atom is 0.246 e. The minimum atomic E-state index is -0.984. The van der Waals surface area contributed by atoms with Crippen LogP contribution in [0.15, 0.2) is 29.1 Å². The lowest BCUT2D eigenvalue weighted by Crippen LogP contribution is -2.59. The first kappa shape index (κ1) is 26.3. The van der Waals surface area contributed by atoms with Crippen LogP contribution < -0.4 is 10.6 Å². The second-order valence-electron chi connectivity index (χ2n) is 11.8. The molecule has 1 aliphatic heterocycles. The highest BCUT2D eigenvalue weighted by Gasteiger charge is 2.69. The molecule has 196 valence electrons. The van der Waals surface area contributed by atoms with Crippen molar-refractivity contribution in [2.75, 3.05) is 6.54 Å². The number of nitrogens with one attached hydrogen (secondary N) is 2. The number of aromatic nitrogens is 2. The van der Waals surface area contributed by atoms with Gasteiger partial charge < -0.3 is 20.0 Å². The first-order chi connectivity index (χ1) is 17.3. The number of fused-ring (bicyclic) bond motifs is 1. The van der Waals surface area contributed by atoms with Gasteiger partial charge in [0.15, 0.2) is 0 Å². The Labute approximate surface area is 216 Å². The standard InChI is InChI=1S/C27H34N6O4/c1-14-13-37-24(30-14)17-8-16(10-29-11-17)19(9-28)32-23(35)21-20-18(27(20,6)7)12-33(21)25(36)22(26(3,4)5)31-15(2)34/h8,10-11,13,18-22H,12H2,1-7H3,(H,31,34)(H,32,35)/t18-,19?,20?,21-,22+/m0/s1. The van der Waals surface area contributed by atoms with Crippen molar-refractivity contribution in [2.45, 2.75) is 66.6 Å². The van der Waals surface area contributed by atoms with E-state index >= 15 is 0 Å². The summed E-state index contributed by atoms with van der Waals surface area (Å²) < 4.78 is 5.45. The molecule has 10 heteroatoms. The zero-order valence-electron chi connectivity index (χ0n) is 22.3. The van der Waals surface area contributed by atoms with E-state index in [1.807, 2.05) is 20.8 Å². The number of carbonyl (C=O) groups is 3. The van der Waals surface area contributed by atoms with Crippen LogP contribution in [0, 0.1) is 40.9 Å². The third-order valence-corrected chi connectivity index (χ3v) is 7.60. The van der Waals surface area contributed by atoms with E-state index in [9.17, 15) is 19.6 Å². The summed E-state index contributed by atoms with van der Waals surface area (Å²) in [5.74, 6) is -0.487. The van der Waals surface area contributed by atoms with Gasteiger partial charge in [0.25, 0.3) is 0 Å². The lowest BCUT2D eigenvalue weighted by Gasteiger charge is -2.37. The van der Waals surface area contributed by atoms with Crippen LogP contribution >= 0.6 is 0 Å². The summed E-state index contributed by atoms with van der Waals surface area (Å²) in [7, 11) is 0. The van der Waals surface area contributed by atoms with Gasteiger partial charge in [0.1, 0.15) is 24.4 Å². The fourth-order valence-corrected chi connectivity index (χ4v) is 5.47. The van der Waals surface area contributed by atoms with Gasteiger partial charge in [-0.15, -0.1) is 0 Å². The first-order valence-electron chi connectivity index (χ1n) is 12.4. The van der Waals surface area contributed by atoms with E-state index in [2.05, 4.69) is 40.5 Å². The minimum Gasteiger partial charge on any atom is -0.444 e. The third-order valence-electron chi connectivity index (χ3n) is 7.60. The van der Waals surface area contributed by atoms with Gasteiger partial charge in [0.2, 0.25) is 23.6 Å². The Balaban J connectivity index is 1.59. The summed E-state index contributed by atoms with van der Waals surface area (Å²) >= 11 is 0. The number of oxazole rings is 1. The van der Waals surface area contributed by atoms with E-state index in [1.54, 1.807) is 24.1 Å². The summed E-state index contributed by atoms with van der Waals surface area (Å²) in [5, 5.41) is 15.5. The monoisotopic (exact) mass is 506 g/mol. The van der Waals surface area contributed by atoms with Crippen molar-refractivity contribution in [1.29, 1.82) is 5.26 Å². The lowest BCUT2D eigenvalue weighted by atomic mass is 9.85. The van der Waals surface area contributed by atoms with Crippen molar-refractivity contribution in [2.24, 2.45) is 22.7 Å². The van der Waals surface area contributed by atoms with Gasteiger partial charge in [-0.1, -0.05) is 34.6 Å². The van der Waals surface area contributed by atoms with Gasteiger partial charge in [-0.3, -0.25) is 19.4 Å². The molecule has 2 aromatic heterocycles. The predicted molar refractivity (Wildman–Crippen MR) is 134 cm³/mol.